The molecule has 0 fully saturated rings. The van der Waals surface area contributed by atoms with Gasteiger partial charge in [0.05, 0.1) is 6.04 Å². The van der Waals surface area contributed by atoms with Crippen molar-refractivity contribution in [2.24, 2.45) is 0 Å². The molecule has 3 aromatic rings. The minimum absolute atomic E-state index is 0.00954. The van der Waals surface area contributed by atoms with Gasteiger partial charge in [-0.05, 0) is 67.6 Å². The summed E-state index contributed by atoms with van der Waals surface area (Å²) < 4.78 is 2.21. The molecule has 1 unspecified atom stereocenters. The molecule has 1 atom stereocenters. The summed E-state index contributed by atoms with van der Waals surface area (Å²) in [7, 11) is 0. The number of urea groups is 1. The first-order chi connectivity index (χ1) is 17.2. The van der Waals surface area contributed by atoms with Crippen LogP contribution in [0.2, 0.25) is 5.02 Å². The smallest absolute Gasteiger partial charge is 0.322 e. The number of nitrogens with one attached hydrogen (secondary N) is 1. The molecule has 3 amide bonds. The van der Waals surface area contributed by atoms with Crippen LogP contribution in [0.3, 0.4) is 0 Å². The van der Waals surface area contributed by atoms with Gasteiger partial charge in [0.15, 0.2) is 0 Å². The van der Waals surface area contributed by atoms with E-state index in [4.69, 9.17) is 11.6 Å². The third-order valence-electron chi connectivity index (χ3n) is 6.89. The van der Waals surface area contributed by atoms with E-state index < -0.39 is 0 Å². The van der Waals surface area contributed by atoms with Gasteiger partial charge in [-0.3, -0.25) is 4.79 Å². The number of carbonyl (C=O) groups is 2. The minimum atomic E-state index is -0.323. The van der Waals surface area contributed by atoms with Crippen LogP contribution < -0.4 is 5.32 Å². The predicted octanol–water partition coefficient (Wildman–Crippen LogP) is 6.45. The normalized spacial score (nSPS) is 15.2. The van der Waals surface area contributed by atoms with Crippen molar-refractivity contribution in [2.75, 3.05) is 18.4 Å². The molecule has 1 aromatic heterocycles. The Hall–Kier alpha value is -3.25. The molecule has 0 aliphatic carbocycles. The van der Waals surface area contributed by atoms with Gasteiger partial charge < -0.3 is 19.7 Å². The lowest BCUT2D eigenvalue weighted by Gasteiger charge is -2.39. The predicted molar refractivity (Wildman–Crippen MR) is 146 cm³/mol. The van der Waals surface area contributed by atoms with Crippen molar-refractivity contribution in [1.82, 2.24) is 14.4 Å². The highest BCUT2D eigenvalue weighted by Gasteiger charge is 2.34. The molecule has 7 heteroatoms. The summed E-state index contributed by atoms with van der Waals surface area (Å²) in [5, 5.41) is 3.48. The molecule has 0 radical (unpaired) electrons. The number of rotatable bonds is 6. The Morgan fingerprint density at radius 3 is 2.42 bits per heavy atom. The zero-order chi connectivity index (χ0) is 26.0. The fourth-order valence-electron chi connectivity index (χ4n) is 4.66. The number of aryl methyl sites for hydroxylation is 1. The van der Waals surface area contributed by atoms with Crippen LogP contribution in [0.25, 0.3) is 0 Å². The van der Waals surface area contributed by atoms with E-state index in [1.54, 1.807) is 11.0 Å². The number of nitrogens with zero attached hydrogens (tertiary/aromatic N) is 3. The summed E-state index contributed by atoms with van der Waals surface area (Å²) in [5.41, 5.74) is 4.96. The molecule has 1 aliphatic heterocycles. The van der Waals surface area contributed by atoms with E-state index in [1.807, 2.05) is 43.9 Å². The Kier molecular flexibility index (Phi) is 7.74. The Labute approximate surface area is 218 Å². The number of benzene rings is 2. The van der Waals surface area contributed by atoms with Gasteiger partial charge in [0.25, 0.3) is 0 Å². The lowest BCUT2D eigenvalue weighted by molar-refractivity contribution is -0.134. The molecule has 2 aromatic carbocycles. The van der Waals surface area contributed by atoms with E-state index in [9.17, 15) is 9.59 Å². The summed E-state index contributed by atoms with van der Waals surface area (Å²) in [6.07, 6.45) is 2.06. The van der Waals surface area contributed by atoms with Gasteiger partial charge in [0, 0.05) is 41.7 Å². The van der Waals surface area contributed by atoms with E-state index in [2.05, 4.69) is 60.3 Å². The second-order valence-corrected chi connectivity index (χ2v) is 10.5. The Morgan fingerprint density at radius 1 is 1.06 bits per heavy atom. The summed E-state index contributed by atoms with van der Waals surface area (Å²) in [6, 6.07) is 17.4. The molecule has 0 saturated carbocycles. The summed E-state index contributed by atoms with van der Waals surface area (Å²) in [5.74, 6) is 0.361. The second-order valence-electron chi connectivity index (χ2n) is 10.1. The maximum absolute atomic E-state index is 13.7. The molecule has 4 rings (SSSR count). The van der Waals surface area contributed by atoms with Crippen LogP contribution in [0.4, 0.5) is 10.5 Å². The molecule has 0 bridgehead atoms. The lowest BCUT2D eigenvalue weighted by atomic mass is 9.95. The number of carbonyl (C=O) groups excluding carboxylic acids is 2. The van der Waals surface area contributed by atoms with Crippen molar-refractivity contribution in [1.29, 1.82) is 0 Å². The molecule has 1 aliphatic rings. The topological polar surface area (TPSA) is 57.6 Å². The van der Waals surface area contributed by atoms with Gasteiger partial charge in [-0.15, -0.1) is 0 Å². The molecule has 36 heavy (non-hydrogen) atoms. The van der Waals surface area contributed by atoms with Crippen LogP contribution in [-0.4, -0.2) is 45.4 Å². The summed E-state index contributed by atoms with van der Waals surface area (Å²) in [4.78, 5) is 30.4. The van der Waals surface area contributed by atoms with Crippen LogP contribution in [0, 0.1) is 6.92 Å². The third kappa shape index (κ3) is 5.44. The average Bonchev–Trinajstić information content (AvgIpc) is 3.33. The fourth-order valence-corrected chi connectivity index (χ4v) is 4.84. The lowest BCUT2D eigenvalue weighted by Crippen LogP contribution is -2.50. The molecule has 0 spiro atoms. The Balaban J connectivity index is 1.57. The Bertz CT molecular complexity index is 1230. The van der Waals surface area contributed by atoms with E-state index in [1.165, 1.54) is 5.56 Å². The van der Waals surface area contributed by atoms with E-state index in [0.717, 1.165) is 23.4 Å². The average molecular weight is 507 g/mol. The molecule has 190 valence electrons. The van der Waals surface area contributed by atoms with Crippen LogP contribution in [0.5, 0.6) is 0 Å². The van der Waals surface area contributed by atoms with Gasteiger partial charge in [-0.2, -0.15) is 0 Å². The standard InChI is InChI=1S/C29H35ClN4O2/c1-19(2)22-9-11-23(12-10-22)28-26-7-6-14-32(26)15-16-33(28)27(35)18-34(20(3)4)29(36)31-24-13-8-21(5)25(30)17-24/h6-14,17,19-20,28H,15-16,18H2,1-5H3,(H,31,36). The number of amides is 3. The van der Waals surface area contributed by atoms with Crippen molar-refractivity contribution in [2.45, 2.75) is 59.2 Å². The zero-order valence-corrected chi connectivity index (χ0v) is 22.4. The largest absolute Gasteiger partial charge is 0.348 e. The van der Waals surface area contributed by atoms with E-state index in [-0.39, 0.29) is 30.6 Å². The van der Waals surface area contributed by atoms with Crippen molar-refractivity contribution < 1.29 is 9.59 Å². The van der Waals surface area contributed by atoms with Gasteiger partial charge in [-0.1, -0.05) is 55.8 Å². The summed E-state index contributed by atoms with van der Waals surface area (Å²) in [6.45, 7) is 11.4. The first-order valence-electron chi connectivity index (χ1n) is 12.5. The van der Waals surface area contributed by atoms with Gasteiger partial charge >= 0.3 is 6.03 Å². The van der Waals surface area contributed by atoms with Crippen LogP contribution in [-0.2, 0) is 11.3 Å². The molecule has 0 saturated heterocycles. The molecular weight excluding hydrogens is 472 g/mol. The fraction of sp³-hybridized carbons (Fsp3) is 0.379. The van der Waals surface area contributed by atoms with Gasteiger partial charge in [-0.25, -0.2) is 4.79 Å². The number of halogens is 1. The second kappa shape index (κ2) is 10.8. The van der Waals surface area contributed by atoms with Gasteiger partial charge in [0.1, 0.15) is 6.54 Å². The number of anilines is 1. The van der Waals surface area contributed by atoms with E-state index >= 15 is 0 Å². The van der Waals surface area contributed by atoms with Gasteiger partial charge in [0.2, 0.25) is 5.91 Å². The van der Waals surface area contributed by atoms with Crippen LogP contribution in [0.15, 0.2) is 60.8 Å². The molecule has 1 N–H and O–H groups in total. The van der Waals surface area contributed by atoms with Crippen molar-refractivity contribution >= 4 is 29.2 Å². The number of fused-ring (bicyclic) bond motifs is 1. The van der Waals surface area contributed by atoms with Crippen molar-refractivity contribution in [3.63, 3.8) is 0 Å². The Morgan fingerprint density at radius 2 is 1.78 bits per heavy atom. The van der Waals surface area contributed by atoms with Crippen molar-refractivity contribution in [3.8, 4) is 0 Å². The van der Waals surface area contributed by atoms with Crippen LogP contribution >= 0.6 is 11.6 Å². The van der Waals surface area contributed by atoms with Crippen molar-refractivity contribution in [3.05, 3.63) is 88.2 Å². The number of aromatic nitrogens is 1. The van der Waals surface area contributed by atoms with E-state index in [0.29, 0.717) is 23.2 Å². The highest BCUT2D eigenvalue weighted by Crippen LogP contribution is 2.33. The monoisotopic (exact) mass is 506 g/mol. The SMILES string of the molecule is Cc1ccc(NC(=O)N(CC(=O)N2CCn3cccc3C2c2ccc(C(C)C)cc2)C(C)C)cc1Cl. The number of hydrogen-bond donors (Lipinski definition) is 1. The van der Waals surface area contributed by atoms with Crippen LogP contribution in [0.1, 0.15) is 62.0 Å². The molecule has 2 heterocycles. The first-order valence-corrected chi connectivity index (χ1v) is 12.9. The zero-order valence-electron chi connectivity index (χ0n) is 21.7. The third-order valence-corrected chi connectivity index (χ3v) is 7.30. The highest BCUT2D eigenvalue weighted by atomic mass is 35.5. The maximum Gasteiger partial charge on any atom is 0.322 e. The first kappa shape index (κ1) is 25.8. The summed E-state index contributed by atoms with van der Waals surface area (Å²) >= 11 is 6.23. The molecular formula is C29H35ClN4O2. The minimum Gasteiger partial charge on any atom is -0.348 e. The number of hydrogen-bond acceptors (Lipinski definition) is 2. The maximum atomic E-state index is 13.7. The molecule has 6 nitrogen and oxygen atoms in total. The quantitative estimate of drug-likeness (QED) is 0.417. The highest BCUT2D eigenvalue weighted by molar-refractivity contribution is 6.31.